The van der Waals surface area contributed by atoms with Gasteiger partial charge >= 0.3 is 0 Å². The molecule has 2 N–H and O–H groups in total. The number of carbonyl (C=O) groups is 1. The van der Waals surface area contributed by atoms with Crippen molar-refractivity contribution < 1.29 is 14.3 Å². The van der Waals surface area contributed by atoms with Crippen LogP contribution in [0.5, 0.6) is 11.5 Å². The first-order valence-electron chi connectivity index (χ1n) is 9.84. The molecule has 2 aromatic carbocycles. The number of rotatable bonds is 6. The summed E-state index contributed by atoms with van der Waals surface area (Å²) in [5.74, 6) is 1.97. The summed E-state index contributed by atoms with van der Waals surface area (Å²) in [6.07, 6.45) is 3.33. The number of benzene rings is 2. The van der Waals surface area contributed by atoms with Crippen LogP contribution in [0.4, 0.5) is 0 Å². The largest absolute Gasteiger partial charge is 0.493 e. The van der Waals surface area contributed by atoms with Crippen LogP contribution in [0, 0.1) is 5.92 Å². The molecule has 0 saturated heterocycles. The number of methoxy groups -OCH3 is 1. The maximum Gasteiger partial charge on any atom is 0.253 e. The number of aromatic nitrogens is 1. The van der Waals surface area contributed by atoms with Crippen LogP contribution in [0.3, 0.4) is 0 Å². The molecule has 0 fully saturated rings. The van der Waals surface area contributed by atoms with Gasteiger partial charge in [0.15, 0.2) is 11.5 Å². The van der Waals surface area contributed by atoms with E-state index in [-0.39, 0.29) is 5.91 Å². The summed E-state index contributed by atoms with van der Waals surface area (Å²) >= 11 is 0. The van der Waals surface area contributed by atoms with Crippen LogP contribution in [-0.2, 0) is 12.8 Å². The molecule has 0 radical (unpaired) electrons. The van der Waals surface area contributed by atoms with E-state index in [1.54, 1.807) is 7.11 Å². The Balaban J connectivity index is 1.43. The molecule has 1 aromatic heterocycles. The van der Waals surface area contributed by atoms with Gasteiger partial charge in [-0.25, -0.2) is 0 Å². The summed E-state index contributed by atoms with van der Waals surface area (Å²) in [6.45, 7) is 3.09. The minimum atomic E-state index is -0.0825. The molecule has 0 spiro atoms. The fourth-order valence-corrected chi connectivity index (χ4v) is 3.96. The minimum Gasteiger partial charge on any atom is -0.493 e. The smallest absolute Gasteiger partial charge is 0.253 e. The van der Waals surface area contributed by atoms with Gasteiger partial charge in [-0.1, -0.05) is 31.2 Å². The molecule has 1 unspecified atom stereocenters. The highest BCUT2D eigenvalue weighted by Gasteiger charge is 2.22. The Kier molecular flexibility index (Phi) is 5.24. The van der Waals surface area contributed by atoms with Crippen LogP contribution in [0.15, 0.2) is 42.5 Å². The van der Waals surface area contributed by atoms with Crippen molar-refractivity contribution in [2.75, 3.05) is 20.3 Å². The molecule has 5 heteroatoms. The number of amides is 1. The Morgan fingerprint density at radius 2 is 2.00 bits per heavy atom. The number of aryl methyl sites for hydroxylation is 1. The van der Waals surface area contributed by atoms with Gasteiger partial charge in [0.1, 0.15) is 6.61 Å². The quantitative estimate of drug-likeness (QED) is 0.635. The first-order valence-corrected chi connectivity index (χ1v) is 9.84. The van der Waals surface area contributed by atoms with Crippen molar-refractivity contribution in [2.24, 2.45) is 5.92 Å². The number of ether oxygens (including phenoxy) is 2. The first-order chi connectivity index (χ1) is 13.7. The number of aromatic amines is 1. The molecule has 1 atom stereocenters. The standard InChI is InChI=1S/C23H26N2O3/c1-15-10-11-19-18(14-15)16-6-5-7-17(22(16)25-19)23(26)24-12-13-28-21-9-4-3-8-20(21)27-2/h3-9,15,25H,10-14H2,1-2H3,(H,24,26). The number of fused-ring (bicyclic) bond motifs is 3. The van der Waals surface area contributed by atoms with Crippen molar-refractivity contribution in [3.8, 4) is 11.5 Å². The van der Waals surface area contributed by atoms with Crippen molar-refractivity contribution in [1.29, 1.82) is 0 Å². The zero-order valence-electron chi connectivity index (χ0n) is 16.4. The van der Waals surface area contributed by atoms with E-state index >= 15 is 0 Å². The summed E-state index contributed by atoms with van der Waals surface area (Å²) in [5, 5.41) is 4.14. The average Bonchev–Trinajstić information content (AvgIpc) is 3.09. The second kappa shape index (κ2) is 7.97. The van der Waals surface area contributed by atoms with Gasteiger partial charge in [-0.2, -0.15) is 0 Å². The first kappa shape index (κ1) is 18.4. The van der Waals surface area contributed by atoms with Gasteiger partial charge in [-0.3, -0.25) is 4.79 Å². The number of nitrogens with one attached hydrogen (secondary N) is 2. The Morgan fingerprint density at radius 1 is 1.18 bits per heavy atom. The molecule has 146 valence electrons. The molecule has 3 aromatic rings. The normalized spacial score (nSPS) is 15.9. The lowest BCUT2D eigenvalue weighted by atomic mass is 9.87. The SMILES string of the molecule is COc1ccccc1OCCNC(=O)c1cccc2c3c([nH]c12)CCC(C)C3. The number of hydrogen-bond donors (Lipinski definition) is 2. The fraction of sp³-hybridized carbons (Fsp3) is 0.348. The minimum absolute atomic E-state index is 0.0825. The number of H-pyrrole nitrogens is 1. The lowest BCUT2D eigenvalue weighted by Gasteiger charge is -2.17. The van der Waals surface area contributed by atoms with Crippen LogP contribution in [-0.4, -0.2) is 31.2 Å². The molecule has 0 saturated carbocycles. The van der Waals surface area contributed by atoms with Crippen LogP contribution >= 0.6 is 0 Å². The van der Waals surface area contributed by atoms with Gasteiger partial charge in [-0.15, -0.1) is 0 Å². The molecule has 4 rings (SSSR count). The number of hydrogen-bond acceptors (Lipinski definition) is 3. The van der Waals surface area contributed by atoms with E-state index in [2.05, 4.69) is 23.3 Å². The second-order valence-electron chi connectivity index (χ2n) is 7.41. The summed E-state index contributed by atoms with van der Waals surface area (Å²) in [4.78, 5) is 16.3. The molecule has 0 bridgehead atoms. The maximum absolute atomic E-state index is 12.8. The third kappa shape index (κ3) is 3.57. The Hall–Kier alpha value is -2.95. The monoisotopic (exact) mass is 378 g/mol. The fourth-order valence-electron chi connectivity index (χ4n) is 3.96. The van der Waals surface area contributed by atoms with Gasteiger partial charge in [0.2, 0.25) is 0 Å². The van der Waals surface area contributed by atoms with Crippen LogP contribution in [0.2, 0.25) is 0 Å². The molecule has 1 aliphatic rings. The zero-order chi connectivity index (χ0) is 19.5. The van der Waals surface area contributed by atoms with Gasteiger partial charge in [0.25, 0.3) is 5.91 Å². The number of carbonyl (C=O) groups excluding carboxylic acids is 1. The highest BCUT2D eigenvalue weighted by molar-refractivity contribution is 6.06. The molecular weight excluding hydrogens is 352 g/mol. The summed E-state index contributed by atoms with van der Waals surface area (Å²) < 4.78 is 11.0. The highest BCUT2D eigenvalue weighted by Crippen LogP contribution is 2.33. The van der Waals surface area contributed by atoms with Gasteiger partial charge < -0.3 is 19.8 Å². The van der Waals surface area contributed by atoms with E-state index in [4.69, 9.17) is 9.47 Å². The molecule has 1 amide bonds. The van der Waals surface area contributed by atoms with Gasteiger partial charge in [0.05, 0.1) is 24.7 Å². The molecule has 1 heterocycles. The van der Waals surface area contributed by atoms with Crippen LogP contribution in [0.25, 0.3) is 10.9 Å². The predicted octanol–water partition coefficient (Wildman–Crippen LogP) is 4.11. The lowest BCUT2D eigenvalue weighted by Crippen LogP contribution is -2.28. The summed E-state index contributed by atoms with van der Waals surface area (Å²) in [6, 6.07) is 13.5. The Labute approximate surface area is 165 Å². The van der Waals surface area contributed by atoms with Crippen LogP contribution in [0.1, 0.15) is 35.0 Å². The van der Waals surface area contributed by atoms with Crippen molar-refractivity contribution in [3.63, 3.8) is 0 Å². The summed E-state index contributed by atoms with van der Waals surface area (Å²) in [7, 11) is 1.61. The topological polar surface area (TPSA) is 63.4 Å². The van der Waals surface area contributed by atoms with Crippen molar-refractivity contribution in [3.05, 3.63) is 59.3 Å². The van der Waals surface area contributed by atoms with E-state index in [0.29, 0.717) is 36.1 Å². The molecule has 5 nitrogen and oxygen atoms in total. The molecule has 1 aliphatic carbocycles. The van der Waals surface area contributed by atoms with Crippen molar-refractivity contribution >= 4 is 16.8 Å². The van der Waals surface area contributed by atoms with Gasteiger partial charge in [0, 0.05) is 11.1 Å². The Bertz CT molecular complexity index is 993. The second-order valence-corrected chi connectivity index (χ2v) is 7.41. The van der Waals surface area contributed by atoms with Crippen molar-refractivity contribution in [1.82, 2.24) is 10.3 Å². The maximum atomic E-state index is 12.8. The molecule has 0 aliphatic heterocycles. The van der Waals surface area contributed by atoms with Crippen molar-refractivity contribution in [2.45, 2.75) is 26.2 Å². The molecular formula is C23H26N2O3. The van der Waals surface area contributed by atoms with Crippen LogP contribution < -0.4 is 14.8 Å². The highest BCUT2D eigenvalue weighted by atomic mass is 16.5. The third-order valence-corrected chi connectivity index (χ3v) is 5.43. The predicted molar refractivity (Wildman–Crippen MR) is 110 cm³/mol. The lowest BCUT2D eigenvalue weighted by molar-refractivity contribution is 0.0948. The Morgan fingerprint density at radius 3 is 2.82 bits per heavy atom. The van der Waals surface area contributed by atoms with E-state index in [1.807, 2.05) is 36.4 Å². The summed E-state index contributed by atoms with van der Waals surface area (Å²) in [5.41, 5.74) is 4.30. The van der Waals surface area contributed by atoms with E-state index in [9.17, 15) is 4.79 Å². The number of para-hydroxylation sites is 3. The van der Waals surface area contributed by atoms with E-state index in [0.717, 1.165) is 18.4 Å². The van der Waals surface area contributed by atoms with E-state index in [1.165, 1.54) is 23.1 Å². The third-order valence-electron chi connectivity index (χ3n) is 5.43. The molecule has 28 heavy (non-hydrogen) atoms. The zero-order valence-corrected chi connectivity index (χ0v) is 16.4. The van der Waals surface area contributed by atoms with E-state index < -0.39 is 0 Å². The van der Waals surface area contributed by atoms with Gasteiger partial charge in [-0.05, 0) is 48.9 Å². The average molecular weight is 378 g/mol.